The first-order chi connectivity index (χ1) is 13.0. The van der Waals surface area contributed by atoms with Crippen LogP contribution >= 0.6 is 0 Å². The van der Waals surface area contributed by atoms with Crippen molar-refractivity contribution in [3.8, 4) is 17.2 Å². The number of carbonyl (C=O) groups excluding carboxylic acids is 2. The van der Waals surface area contributed by atoms with Crippen molar-refractivity contribution in [1.29, 1.82) is 0 Å². The van der Waals surface area contributed by atoms with Crippen molar-refractivity contribution in [2.24, 2.45) is 0 Å². The van der Waals surface area contributed by atoms with Crippen molar-refractivity contribution in [2.45, 2.75) is 13.3 Å². The van der Waals surface area contributed by atoms with E-state index in [1.165, 1.54) is 14.2 Å². The van der Waals surface area contributed by atoms with Gasteiger partial charge in [-0.15, -0.1) is 0 Å². The van der Waals surface area contributed by atoms with E-state index in [1.807, 2.05) is 6.92 Å². The second-order valence-corrected chi connectivity index (χ2v) is 5.53. The van der Waals surface area contributed by atoms with Gasteiger partial charge in [0.1, 0.15) is 5.75 Å². The summed E-state index contributed by atoms with van der Waals surface area (Å²) < 4.78 is 20.7. The molecule has 0 saturated carbocycles. The second-order valence-electron chi connectivity index (χ2n) is 5.53. The van der Waals surface area contributed by atoms with Crippen molar-refractivity contribution in [3.63, 3.8) is 0 Å². The number of nitrogens with one attached hydrogen (secondary N) is 1. The number of benzene rings is 2. The average molecular weight is 373 g/mol. The summed E-state index contributed by atoms with van der Waals surface area (Å²) in [6, 6.07) is 12.1. The van der Waals surface area contributed by atoms with Crippen LogP contribution in [0.2, 0.25) is 0 Å². The number of amides is 1. The van der Waals surface area contributed by atoms with E-state index in [1.54, 1.807) is 42.5 Å². The first-order valence-electron chi connectivity index (χ1n) is 8.45. The third-order valence-electron chi connectivity index (χ3n) is 3.61. The minimum Gasteiger partial charge on any atom is -0.494 e. The van der Waals surface area contributed by atoms with Crippen LogP contribution in [0.5, 0.6) is 17.2 Å². The predicted molar refractivity (Wildman–Crippen MR) is 100 cm³/mol. The number of esters is 1. The molecule has 0 heterocycles. The molecule has 0 spiro atoms. The molecule has 144 valence electrons. The molecule has 0 aromatic heterocycles. The number of ether oxygens (including phenoxy) is 4. The SMILES string of the molecule is CCOc1ccc(NC(=O)COC(=O)Cc2ccc(OC)c(OC)c2)cc1. The van der Waals surface area contributed by atoms with E-state index < -0.39 is 11.9 Å². The smallest absolute Gasteiger partial charge is 0.310 e. The Kier molecular flexibility index (Phi) is 7.49. The summed E-state index contributed by atoms with van der Waals surface area (Å²) in [5.74, 6) is 0.890. The minimum atomic E-state index is -0.510. The molecule has 0 aliphatic carbocycles. The van der Waals surface area contributed by atoms with Gasteiger partial charge in [-0.25, -0.2) is 0 Å². The van der Waals surface area contributed by atoms with Crippen molar-refractivity contribution < 1.29 is 28.5 Å². The molecule has 1 N–H and O–H groups in total. The van der Waals surface area contributed by atoms with Gasteiger partial charge in [0.2, 0.25) is 0 Å². The van der Waals surface area contributed by atoms with Crippen molar-refractivity contribution in [3.05, 3.63) is 48.0 Å². The average Bonchev–Trinajstić information content (AvgIpc) is 2.68. The second kappa shape index (κ2) is 10.1. The monoisotopic (exact) mass is 373 g/mol. The third kappa shape index (κ3) is 6.22. The van der Waals surface area contributed by atoms with Crippen molar-refractivity contribution in [2.75, 3.05) is 32.8 Å². The summed E-state index contributed by atoms with van der Waals surface area (Å²) in [6.45, 7) is 2.10. The largest absolute Gasteiger partial charge is 0.494 e. The van der Waals surface area contributed by atoms with Crippen LogP contribution in [0.15, 0.2) is 42.5 Å². The van der Waals surface area contributed by atoms with Gasteiger partial charge in [0.15, 0.2) is 18.1 Å². The van der Waals surface area contributed by atoms with Gasteiger partial charge in [0.25, 0.3) is 5.91 Å². The lowest BCUT2D eigenvalue weighted by Crippen LogP contribution is -2.21. The van der Waals surface area contributed by atoms with Crippen LogP contribution in [0.1, 0.15) is 12.5 Å². The molecule has 0 saturated heterocycles. The van der Waals surface area contributed by atoms with Gasteiger partial charge < -0.3 is 24.3 Å². The Labute approximate surface area is 158 Å². The Morgan fingerprint density at radius 2 is 1.67 bits per heavy atom. The number of hydrogen-bond donors (Lipinski definition) is 1. The molecule has 0 fully saturated rings. The van der Waals surface area contributed by atoms with Crippen LogP contribution in [-0.4, -0.2) is 39.3 Å². The Balaban J connectivity index is 1.81. The van der Waals surface area contributed by atoms with E-state index in [2.05, 4.69) is 5.32 Å². The standard InChI is InChI=1S/C20H23NO6/c1-4-26-16-8-6-15(7-9-16)21-19(22)13-27-20(23)12-14-5-10-17(24-2)18(11-14)25-3/h5-11H,4,12-13H2,1-3H3,(H,21,22). The highest BCUT2D eigenvalue weighted by atomic mass is 16.5. The summed E-state index contributed by atoms with van der Waals surface area (Å²) >= 11 is 0. The zero-order valence-corrected chi connectivity index (χ0v) is 15.6. The fraction of sp³-hybridized carbons (Fsp3) is 0.300. The topological polar surface area (TPSA) is 83.1 Å². The maximum absolute atomic E-state index is 11.9. The molecule has 0 unspecified atom stereocenters. The molecular weight excluding hydrogens is 350 g/mol. The summed E-state index contributed by atoms with van der Waals surface area (Å²) in [6.07, 6.45) is 0.0245. The maximum Gasteiger partial charge on any atom is 0.310 e. The molecule has 0 aliphatic rings. The molecular formula is C20H23NO6. The highest BCUT2D eigenvalue weighted by Gasteiger charge is 2.11. The number of carbonyl (C=O) groups is 2. The highest BCUT2D eigenvalue weighted by molar-refractivity contribution is 5.92. The molecule has 0 atom stereocenters. The summed E-state index contributed by atoms with van der Waals surface area (Å²) in [5.41, 5.74) is 1.30. The van der Waals surface area contributed by atoms with Gasteiger partial charge in [-0.1, -0.05) is 6.07 Å². The predicted octanol–water partition coefficient (Wildman–Crippen LogP) is 2.83. The van der Waals surface area contributed by atoms with Crippen LogP contribution in [-0.2, 0) is 20.7 Å². The van der Waals surface area contributed by atoms with E-state index in [0.717, 1.165) is 5.75 Å². The van der Waals surface area contributed by atoms with Crippen LogP contribution in [0.25, 0.3) is 0 Å². The van der Waals surface area contributed by atoms with Gasteiger partial charge in [-0.2, -0.15) is 0 Å². The van der Waals surface area contributed by atoms with Crippen molar-refractivity contribution >= 4 is 17.6 Å². The van der Waals surface area contributed by atoms with E-state index in [0.29, 0.717) is 29.4 Å². The summed E-state index contributed by atoms with van der Waals surface area (Å²) in [7, 11) is 3.06. The van der Waals surface area contributed by atoms with E-state index in [-0.39, 0.29) is 13.0 Å². The molecule has 2 aromatic rings. The fourth-order valence-electron chi connectivity index (χ4n) is 2.35. The molecule has 27 heavy (non-hydrogen) atoms. The van der Waals surface area contributed by atoms with Crippen LogP contribution in [0.3, 0.4) is 0 Å². The lowest BCUT2D eigenvalue weighted by Gasteiger charge is -2.10. The first-order valence-corrected chi connectivity index (χ1v) is 8.45. The van der Waals surface area contributed by atoms with Crippen LogP contribution in [0.4, 0.5) is 5.69 Å². The number of methoxy groups -OCH3 is 2. The number of anilines is 1. The number of hydrogen-bond acceptors (Lipinski definition) is 6. The molecule has 7 heteroatoms. The third-order valence-corrected chi connectivity index (χ3v) is 3.61. The van der Waals surface area contributed by atoms with Gasteiger partial charge in [0, 0.05) is 5.69 Å². The van der Waals surface area contributed by atoms with Gasteiger partial charge in [0.05, 0.1) is 27.2 Å². The zero-order chi connectivity index (χ0) is 19.6. The van der Waals surface area contributed by atoms with Gasteiger partial charge in [-0.05, 0) is 48.9 Å². The van der Waals surface area contributed by atoms with Crippen molar-refractivity contribution in [1.82, 2.24) is 0 Å². The zero-order valence-electron chi connectivity index (χ0n) is 15.6. The van der Waals surface area contributed by atoms with Gasteiger partial charge >= 0.3 is 5.97 Å². The van der Waals surface area contributed by atoms with E-state index >= 15 is 0 Å². The molecule has 7 nitrogen and oxygen atoms in total. The summed E-state index contributed by atoms with van der Waals surface area (Å²) in [4.78, 5) is 23.9. The highest BCUT2D eigenvalue weighted by Crippen LogP contribution is 2.27. The molecule has 0 bridgehead atoms. The quantitative estimate of drug-likeness (QED) is 0.681. The number of rotatable bonds is 9. The Hall–Kier alpha value is -3.22. The molecule has 0 radical (unpaired) electrons. The normalized spacial score (nSPS) is 10.0. The van der Waals surface area contributed by atoms with Crippen LogP contribution < -0.4 is 19.5 Å². The first kappa shape index (κ1) is 20.1. The Bertz CT molecular complexity index is 773. The molecule has 2 aromatic carbocycles. The lowest BCUT2D eigenvalue weighted by molar-refractivity contribution is -0.146. The van der Waals surface area contributed by atoms with Gasteiger partial charge in [-0.3, -0.25) is 9.59 Å². The maximum atomic E-state index is 11.9. The minimum absolute atomic E-state index is 0.0245. The summed E-state index contributed by atoms with van der Waals surface area (Å²) in [5, 5.41) is 2.66. The molecule has 1 amide bonds. The molecule has 0 aliphatic heterocycles. The Morgan fingerprint density at radius 1 is 0.963 bits per heavy atom. The van der Waals surface area contributed by atoms with Crippen LogP contribution in [0, 0.1) is 0 Å². The molecule has 2 rings (SSSR count). The lowest BCUT2D eigenvalue weighted by atomic mass is 10.1. The fourth-order valence-corrected chi connectivity index (χ4v) is 2.35. The Morgan fingerprint density at radius 3 is 2.30 bits per heavy atom. The van der Waals surface area contributed by atoms with E-state index in [9.17, 15) is 9.59 Å². The van der Waals surface area contributed by atoms with E-state index in [4.69, 9.17) is 18.9 Å².